The molecule has 5 aliphatic rings. The second-order valence-corrected chi connectivity index (χ2v) is 18.2. The molecule has 0 fully saturated rings. The second kappa shape index (κ2) is 21.4. The molecule has 10 heteroatoms. The van der Waals surface area contributed by atoms with Gasteiger partial charge in [0.25, 0.3) is 0 Å². The zero-order chi connectivity index (χ0) is 46.6. The lowest BCUT2D eigenvalue weighted by molar-refractivity contribution is 0.220. The smallest absolute Gasteiger partial charge is 0.204 e. The topological polar surface area (TPSA) is 65.1 Å². The summed E-state index contributed by atoms with van der Waals surface area (Å²) in [5.74, 6) is 5.41. The van der Waals surface area contributed by atoms with Crippen molar-refractivity contribution in [3.8, 4) is 46.0 Å². The Kier molecular flexibility index (Phi) is 15.2. The van der Waals surface area contributed by atoms with Gasteiger partial charge in [-0.1, -0.05) is 85.0 Å². The van der Waals surface area contributed by atoms with Crippen molar-refractivity contribution in [1.82, 2.24) is 14.7 Å². The number of nitrogens with zero attached hydrogens (tertiary/aromatic N) is 3. The van der Waals surface area contributed by atoms with Gasteiger partial charge in [0.1, 0.15) is 5.75 Å². The van der Waals surface area contributed by atoms with E-state index in [0.29, 0.717) is 40.2 Å². The second-order valence-electron chi connectivity index (χ2n) is 18.2. The van der Waals surface area contributed by atoms with Gasteiger partial charge in [0, 0.05) is 37.3 Å². The van der Waals surface area contributed by atoms with E-state index in [2.05, 4.69) is 152 Å². The van der Waals surface area contributed by atoms with Crippen LogP contribution in [0.25, 0.3) is 17.7 Å². The Bertz CT molecular complexity index is 2750. The van der Waals surface area contributed by atoms with Crippen LogP contribution in [0.5, 0.6) is 46.0 Å². The van der Waals surface area contributed by atoms with E-state index in [9.17, 15) is 0 Å². The van der Waals surface area contributed by atoms with E-state index in [1.54, 1.807) is 28.4 Å². The molecule has 0 saturated carbocycles. The minimum Gasteiger partial charge on any atom is -0.493 e. The van der Waals surface area contributed by atoms with Gasteiger partial charge in [-0.05, 0) is 158 Å². The van der Waals surface area contributed by atoms with Gasteiger partial charge in [-0.3, -0.25) is 9.80 Å². The highest BCUT2D eigenvalue weighted by molar-refractivity contribution is 5.93. The third kappa shape index (κ3) is 9.99. The molecule has 0 amide bonds. The van der Waals surface area contributed by atoms with Gasteiger partial charge >= 0.3 is 0 Å². The monoisotopic (exact) mass is 933 g/mol. The van der Waals surface area contributed by atoms with Gasteiger partial charge in [-0.15, -0.1) is 12.4 Å². The summed E-state index contributed by atoms with van der Waals surface area (Å²) >= 11 is 0. The molecule has 6 aromatic carbocycles. The molecule has 0 aromatic heterocycles. The SMILES string of the molecule is CN(C)CCC=C1c2ccccc2C=Cc2ccccc21.COc1ccc2cc1Oc1ccc(cc1)CC1c3cc(c(OC)cc3CCN1C)Oc1c(OC)c(OC)cc3c1C(C2)N(C)CC3.Cl. The number of ether oxygens (including phenoxy) is 6. The fraction of sp³-hybridized carbons (Fsp3) is 0.310. The van der Waals surface area contributed by atoms with Gasteiger partial charge < -0.3 is 33.3 Å². The Balaban J connectivity index is 0.000000238. The third-order valence-electron chi connectivity index (χ3n) is 13.7. The van der Waals surface area contributed by atoms with Crippen molar-refractivity contribution < 1.29 is 28.4 Å². The number of methoxy groups -OCH3 is 4. The normalized spacial score (nSPS) is 16.9. The van der Waals surface area contributed by atoms with E-state index in [1.165, 1.54) is 50.1 Å². The Labute approximate surface area is 408 Å². The molecule has 2 unspecified atom stereocenters. The fourth-order valence-electron chi connectivity index (χ4n) is 10.1. The lowest BCUT2D eigenvalue weighted by atomic mass is 9.87. The molecule has 11 rings (SSSR count). The van der Waals surface area contributed by atoms with Crippen molar-refractivity contribution in [3.63, 3.8) is 0 Å². The first-order valence-corrected chi connectivity index (χ1v) is 23.4. The number of halogens is 1. The lowest BCUT2D eigenvalue weighted by Gasteiger charge is -2.37. The number of fused-ring (bicyclic) bond motifs is 4. The van der Waals surface area contributed by atoms with Gasteiger partial charge in [-0.25, -0.2) is 0 Å². The highest BCUT2D eigenvalue weighted by Gasteiger charge is 2.35. The maximum absolute atomic E-state index is 7.03. The van der Waals surface area contributed by atoms with Crippen LogP contribution in [0.2, 0.25) is 0 Å². The first kappa shape index (κ1) is 48.2. The molecule has 4 heterocycles. The zero-order valence-electron chi connectivity index (χ0n) is 40.6. The molecule has 6 bridgehead atoms. The third-order valence-corrected chi connectivity index (χ3v) is 13.7. The molecule has 2 atom stereocenters. The van der Waals surface area contributed by atoms with Crippen LogP contribution in [0.3, 0.4) is 0 Å². The van der Waals surface area contributed by atoms with E-state index < -0.39 is 0 Å². The summed E-state index contributed by atoms with van der Waals surface area (Å²) in [5.41, 5.74) is 13.8. The minimum atomic E-state index is 0. The quantitative estimate of drug-likeness (QED) is 0.155. The standard InChI is InChI=1S/C38H42N2O6.C20H21N.ClH/c1-39-15-13-25-20-32(42-4)34-22-28(25)29(39)17-23-7-10-27(11-8-23)45-33-19-24(9-12-31(33)41-3)18-30-36-26(14-16-40(30)2)21-35(43-5)37(44-6)38(36)46-34;1-21(2)15-7-12-20-18-10-5-3-8-16(18)13-14-17-9-4-6-11-19(17)20;/h7-12,19-22,29-30H,13-18H2,1-6H3;3-6,8-14H,7,15H2,1-2H3;1H. The molecule has 354 valence electrons. The van der Waals surface area contributed by atoms with Crippen LogP contribution in [-0.2, 0) is 25.7 Å². The summed E-state index contributed by atoms with van der Waals surface area (Å²) in [6.07, 6.45) is 11.3. The van der Waals surface area contributed by atoms with Crippen LogP contribution in [0.4, 0.5) is 0 Å². The Hall–Kier alpha value is -6.23. The van der Waals surface area contributed by atoms with Gasteiger partial charge in [0.2, 0.25) is 5.75 Å². The lowest BCUT2D eigenvalue weighted by Crippen LogP contribution is -2.34. The number of hydrogen-bond donors (Lipinski definition) is 0. The Morgan fingerprint density at radius 1 is 0.618 bits per heavy atom. The van der Waals surface area contributed by atoms with Crippen LogP contribution in [0.1, 0.15) is 74.1 Å². The molecule has 0 saturated heterocycles. The highest BCUT2D eigenvalue weighted by Crippen LogP contribution is 2.52. The average molecular weight is 935 g/mol. The molecule has 68 heavy (non-hydrogen) atoms. The van der Waals surface area contributed by atoms with Crippen LogP contribution in [-0.4, -0.2) is 91.0 Å². The first-order chi connectivity index (χ1) is 32.7. The van der Waals surface area contributed by atoms with Crippen LogP contribution in [0.15, 0.2) is 115 Å². The van der Waals surface area contributed by atoms with E-state index in [-0.39, 0.29) is 24.5 Å². The average Bonchev–Trinajstić information content (AvgIpc) is 3.50. The minimum absolute atomic E-state index is 0. The molecule has 6 aromatic rings. The molecular formula is C58H64ClN3O6. The van der Waals surface area contributed by atoms with Crippen molar-refractivity contribution in [2.45, 2.75) is 44.2 Å². The van der Waals surface area contributed by atoms with Crippen molar-refractivity contribution in [1.29, 1.82) is 0 Å². The zero-order valence-corrected chi connectivity index (χ0v) is 41.5. The van der Waals surface area contributed by atoms with E-state index in [1.807, 2.05) is 18.2 Å². The molecule has 0 spiro atoms. The summed E-state index contributed by atoms with van der Waals surface area (Å²) in [6.45, 7) is 2.93. The van der Waals surface area contributed by atoms with E-state index >= 15 is 0 Å². The number of rotatable bonds is 7. The van der Waals surface area contributed by atoms with E-state index in [4.69, 9.17) is 28.4 Å². The number of likely N-dealkylation sites (N-methyl/N-ethyl adjacent to an activating group) is 2. The van der Waals surface area contributed by atoms with Gasteiger partial charge in [0.15, 0.2) is 34.5 Å². The number of benzene rings is 6. The van der Waals surface area contributed by atoms with Gasteiger partial charge in [-0.2, -0.15) is 0 Å². The number of hydrogen-bond acceptors (Lipinski definition) is 9. The highest BCUT2D eigenvalue weighted by atomic mass is 35.5. The molecule has 9 nitrogen and oxygen atoms in total. The molecule has 0 N–H and O–H groups in total. The van der Waals surface area contributed by atoms with Crippen LogP contribution < -0.4 is 28.4 Å². The summed E-state index contributed by atoms with van der Waals surface area (Å²) in [5, 5.41) is 0. The maximum Gasteiger partial charge on any atom is 0.204 e. The first-order valence-electron chi connectivity index (χ1n) is 23.4. The van der Waals surface area contributed by atoms with Crippen molar-refractivity contribution in [2.75, 3.05) is 76.3 Å². The summed E-state index contributed by atoms with van der Waals surface area (Å²) in [6, 6.07) is 38.5. The molecule has 4 aliphatic heterocycles. The van der Waals surface area contributed by atoms with Gasteiger partial charge in [0.05, 0.1) is 28.4 Å². The summed E-state index contributed by atoms with van der Waals surface area (Å²) in [7, 11) is 15.3. The Morgan fingerprint density at radius 2 is 1.21 bits per heavy atom. The van der Waals surface area contributed by atoms with Crippen molar-refractivity contribution in [3.05, 3.63) is 171 Å². The van der Waals surface area contributed by atoms with Crippen molar-refractivity contribution in [2.24, 2.45) is 0 Å². The predicted molar refractivity (Wildman–Crippen MR) is 277 cm³/mol. The molecule has 0 radical (unpaired) electrons. The maximum atomic E-state index is 7.03. The van der Waals surface area contributed by atoms with Crippen LogP contribution in [0, 0.1) is 0 Å². The summed E-state index contributed by atoms with van der Waals surface area (Å²) < 4.78 is 37.1. The largest absolute Gasteiger partial charge is 0.493 e. The molecular weight excluding hydrogens is 870 g/mol. The van der Waals surface area contributed by atoms with Crippen molar-refractivity contribution >= 4 is 30.1 Å². The predicted octanol–water partition coefficient (Wildman–Crippen LogP) is 12.1. The molecule has 1 aliphatic carbocycles. The van der Waals surface area contributed by atoms with E-state index in [0.717, 1.165) is 68.6 Å². The fourth-order valence-corrected chi connectivity index (χ4v) is 10.1. The Morgan fingerprint density at radius 3 is 1.85 bits per heavy atom. The van der Waals surface area contributed by atoms with Crippen LogP contribution >= 0.6 is 12.4 Å². The summed E-state index contributed by atoms with van der Waals surface area (Å²) in [4.78, 5) is 7.04.